The molecule has 0 heterocycles. The van der Waals surface area contributed by atoms with E-state index in [-0.39, 0.29) is 12.1 Å². The lowest BCUT2D eigenvalue weighted by molar-refractivity contribution is 0.154. The molecule has 0 radical (unpaired) electrons. The Morgan fingerprint density at radius 2 is 1.63 bits per heavy atom. The average molecular weight is 417 g/mol. The highest BCUT2D eigenvalue weighted by molar-refractivity contribution is 5.89. The number of anilines is 1. The molecule has 1 aromatic carbocycles. The Labute approximate surface area is 184 Å². The third kappa shape index (κ3) is 9.86. The van der Waals surface area contributed by atoms with Crippen molar-refractivity contribution in [2.24, 2.45) is 11.3 Å². The summed E-state index contributed by atoms with van der Waals surface area (Å²) in [4.78, 5) is 12.4. The van der Waals surface area contributed by atoms with Crippen molar-refractivity contribution in [1.82, 2.24) is 5.32 Å². The molecule has 1 aromatic rings. The lowest BCUT2D eigenvalue weighted by atomic mass is 9.71. The van der Waals surface area contributed by atoms with Crippen molar-refractivity contribution in [3.63, 3.8) is 0 Å². The molecule has 1 saturated carbocycles. The maximum absolute atomic E-state index is 12.4. The molecular weight excluding hydrogens is 372 g/mol. The van der Waals surface area contributed by atoms with Gasteiger partial charge in [0.2, 0.25) is 0 Å². The fraction of sp³-hybridized carbons (Fsp3) is 0.731. The molecule has 1 fully saturated rings. The summed E-state index contributed by atoms with van der Waals surface area (Å²) in [7, 11) is 0. The van der Waals surface area contributed by atoms with Crippen LogP contribution in [0.1, 0.15) is 98.3 Å². The van der Waals surface area contributed by atoms with E-state index < -0.39 is 0 Å². The highest BCUT2D eigenvalue weighted by atomic mass is 16.5. The first-order chi connectivity index (χ1) is 14.4. The van der Waals surface area contributed by atoms with Crippen LogP contribution in [-0.2, 0) is 0 Å². The third-order valence-electron chi connectivity index (χ3n) is 6.10. The number of ether oxygens (including phenoxy) is 1. The minimum atomic E-state index is -0.113. The maximum Gasteiger partial charge on any atom is 0.319 e. The van der Waals surface area contributed by atoms with Crippen LogP contribution >= 0.6 is 0 Å². The van der Waals surface area contributed by atoms with Gasteiger partial charge in [0.25, 0.3) is 0 Å². The highest BCUT2D eigenvalue weighted by Gasteiger charge is 2.32. The van der Waals surface area contributed by atoms with Gasteiger partial charge in [0.1, 0.15) is 5.75 Å². The second-order valence-electron chi connectivity index (χ2n) is 10.1. The lowest BCUT2D eigenvalue weighted by Gasteiger charge is -2.39. The number of carbonyl (C=O) groups excluding carboxylic acids is 1. The van der Waals surface area contributed by atoms with Gasteiger partial charge in [-0.3, -0.25) is 0 Å². The van der Waals surface area contributed by atoms with Gasteiger partial charge in [-0.25, -0.2) is 4.79 Å². The molecule has 4 nitrogen and oxygen atoms in total. The van der Waals surface area contributed by atoms with Crippen molar-refractivity contribution in [3.05, 3.63) is 24.3 Å². The number of nitrogens with one attached hydrogen (secondary N) is 2. The van der Waals surface area contributed by atoms with Crippen LogP contribution in [-0.4, -0.2) is 18.7 Å². The highest BCUT2D eigenvalue weighted by Crippen LogP contribution is 2.38. The fourth-order valence-electron chi connectivity index (χ4n) is 4.87. The Hall–Kier alpha value is -1.71. The normalized spacial score (nSPS) is 20.5. The third-order valence-corrected chi connectivity index (χ3v) is 6.10. The zero-order valence-corrected chi connectivity index (χ0v) is 19.8. The molecule has 0 unspecified atom stereocenters. The summed E-state index contributed by atoms with van der Waals surface area (Å²) in [6.07, 6.45) is 13.7. The monoisotopic (exact) mass is 416 g/mol. The Morgan fingerprint density at radius 3 is 2.27 bits per heavy atom. The van der Waals surface area contributed by atoms with E-state index in [9.17, 15) is 4.79 Å². The molecule has 1 aliphatic carbocycles. The molecule has 2 amide bonds. The number of unbranched alkanes of at least 4 members (excludes halogenated alkanes) is 7. The SMILES string of the molecule is CCCCCCCCCCOc1ccc(NC(=O)N[C@@H]2C[C@@H](C)CC(C)(C)C2)cc1. The molecule has 4 heteroatoms. The first-order valence-corrected chi connectivity index (χ1v) is 12.2. The second-order valence-corrected chi connectivity index (χ2v) is 10.1. The molecule has 30 heavy (non-hydrogen) atoms. The zero-order chi connectivity index (χ0) is 21.8. The van der Waals surface area contributed by atoms with Gasteiger partial charge in [-0.1, -0.05) is 72.6 Å². The van der Waals surface area contributed by atoms with Gasteiger partial charge in [0.05, 0.1) is 6.61 Å². The molecule has 0 aliphatic heterocycles. The molecule has 0 saturated heterocycles. The quantitative estimate of drug-likeness (QED) is 0.346. The van der Waals surface area contributed by atoms with E-state index in [2.05, 4.69) is 38.3 Å². The summed E-state index contributed by atoms with van der Waals surface area (Å²) in [5.74, 6) is 1.52. The molecule has 170 valence electrons. The lowest BCUT2D eigenvalue weighted by Crippen LogP contribution is -2.44. The summed E-state index contributed by atoms with van der Waals surface area (Å²) in [5.41, 5.74) is 1.10. The number of benzene rings is 1. The Kier molecular flexibility index (Phi) is 10.5. The predicted octanol–water partition coefficient (Wildman–Crippen LogP) is 7.54. The fourth-order valence-corrected chi connectivity index (χ4v) is 4.87. The minimum absolute atomic E-state index is 0.113. The van der Waals surface area contributed by atoms with Crippen molar-refractivity contribution in [2.45, 2.75) is 104 Å². The standard InChI is InChI=1S/C26H44N2O2/c1-5-6-7-8-9-10-11-12-17-30-24-15-13-22(14-16-24)27-25(29)28-23-18-21(2)19-26(3,4)20-23/h13-16,21,23H,5-12,17-20H2,1-4H3,(H2,27,28,29)/t21-,23-/m1/s1. The van der Waals surface area contributed by atoms with Crippen LogP contribution in [0, 0.1) is 11.3 Å². The largest absolute Gasteiger partial charge is 0.494 e. The van der Waals surface area contributed by atoms with Gasteiger partial charge in [-0.2, -0.15) is 0 Å². The van der Waals surface area contributed by atoms with E-state index in [0.717, 1.165) is 37.3 Å². The van der Waals surface area contributed by atoms with Crippen molar-refractivity contribution >= 4 is 11.7 Å². The summed E-state index contributed by atoms with van der Waals surface area (Å²) in [5, 5.41) is 6.11. The Morgan fingerprint density at radius 1 is 1.00 bits per heavy atom. The molecule has 1 aliphatic rings. The molecule has 0 spiro atoms. The molecular formula is C26H44N2O2. The van der Waals surface area contributed by atoms with Crippen LogP contribution in [0.15, 0.2) is 24.3 Å². The second kappa shape index (κ2) is 12.9. The zero-order valence-electron chi connectivity index (χ0n) is 19.8. The van der Waals surface area contributed by atoms with E-state index >= 15 is 0 Å². The summed E-state index contributed by atoms with van der Waals surface area (Å²) < 4.78 is 5.84. The molecule has 2 N–H and O–H groups in total. The van der Waals surface area contributed by atoms with E-state index in [1.807, 2.05) is 24.3 Å². The first kappa shape index (κ1) is 24.6. The van der Waals surface area contributed by atoms with Crippen molar-refractivity contribution in [3.8, 4) is 5.75 Å². The van der Waals surface area contributed by atoms with Gasteiger partial charge in [0.15, 0.2) is 0 Å². The minimum Gasteiger partial charge on any atom is -0.494 e. The van der Waals surface area contributed by atoms with Gasteiger partial charge in [-0.05, 0) is 61.3 Å². The predicted molar refractivity (Wildman–Crippen MR) is 127 cm³/mol. The van der Waals surface area contributed by atoms with E-state index in [4.69, 9.17) is 4.74 Å². The van der Waals surface area contributed by atoms with Gasteiger partial charge in [0, 0.05) is 11.7 Å². The maximum atomic E-state index is 12.4. The molecule has 0 bridgehead atoms. The Bertz CT molecular complexity index is 612. The summed E-state index contributed by atoms with van der Waals surface area (Å²) in [6, 6.07) is 7.83. The van der Waals surface area contributed by atoms with Crippen LogP contribution in [0.3, 0.4) is 0 Å². The van der Waals surface area contributed by atoms with Gasteiger partial charge >= 0.3 is 6.03 Å². The summed E-state index contributed by atoms with van der Waals surface area (Å²) >= 11 is 0. The molecule has 0 aromatic heterocycles. The number of urea groups is 1. The smallest absolute Gasteiger partial charge is 0.319 e. The molecule has 2 atom stereocenters. The van der Waals surface area contributed by atoms with Gasteiger partial charge in [-0.15, -0.1) is 0 Å². The number of hydrogen-bond acceptors (Lipinski definition) is 2. The average Bonchev–Trinajstić information content (AvgIpc) is 2.66. The van der Waals surface area contributed by atoms with Crippen molar-refractivity contribution in [1.29, 1.82) is 0 Å². The van der Waals surface area contributed by atoms with E-state index in [1.165, 1.54) is 51.4 Å². The van der Waals surface area contributed by atoms with Crippen molar-refractivity contribution in [2.75, 3.05) is 11.9 Å². The van der Waals surface area contributed by atoms with Crippen LogP contribution in [0.5, 0.6) is 5.75 Å². The van der Waals surface area contributed by atoms with Crippen molar-refractivity contribution < 1.29 is 9.53 Å². The van der Waals surface area contributed by atoms with Crippen LogP contribution < -0.4 is 15.4 Å². The van der Waals surface area contributed by atoms with Gasteiger partial charge < -0.3 is 15.4 Å². The van der Waals surface area contributed by atoms with E-state index in [0.29, 0.717) is 11.3 Å². The number of hydrogen-bond donors (Lipinski definition) is 2. The first-order valence-electron chi connectivity index (χ1n) is 12.2. The summed E-state index contributed by atoms with van der Waals surface area (Å²) in [6.45, 7) is 9.88. The van der Waals surface area contributed by atoms with Crippen LogP contribution in [0.4, 0.5) is 10.5 Å². The topological polar surface area (TPSA) is 50.4 Å². The van der Waals surface area contributed by atoms with E-state index in [1.54, 1.807) is 0 Å². The molecule has 2 rings (SSSR count). The number of amides is 2. The number of carbonyl (C=O) groups is 1. The number of rotatable bonds is 12. The Balaban J connectivity index is 1.61. The van der Waals surface area contributed by atoms with Crippen LogP contribution in [0.25, 0.3) is 0 Å². The van der Waals surface area contributed by atoms with Crippen LogP contribution in [0.2, 0.25) is 0 Å².